The van der Waals surface area contributed by atoms with Gasteiger partial charge in [0.2, 0.25) is 0 Å². The van der Waals surface area contributed by atoms with E-state index in [2.05, 4.69) is 9.36 Å². The fourth-order valence-corrected chi connectivity index (χ4v) is 1.91. The van der Waals surface area contributed by atoms with E-state index < -0.39 is 0 Å². The monoisotopic (exact) mass is 235 g/mol. The van der Waals surface area contributed by atoms with Crippen LogP contribution in [0.25, 0.3) is 0 Å². The third kappa shape index (κ3) is 2.70. The van der Waals surface area contributed by atoms with Crippen molar-refractivity contribution in [3.05, 3.63) is 35.7 Å². The maximum absolute atomic E-state index is 5.82. The third-order valence-corrected chi connectivity index (χ3v) is 2.88. The van der Waals surface area contributed by atoms with E-state index in [4.69, 9.17) is 10.5 Å². The van der Waals surface area contributed by atoms with Gasteiger partial charge in [-0.05, 0) is 18.6 Å². The van der Waals surface area contributed by atoms with Gasteiger partial charge in [-0.2, -0.15) is 9.36 Å². The lowest BCUT2D eigenvalue weighted by Crippen LogP contribution is -2.03. The minimum Gasteiger partial charge on any atom is -0.469 e. The first-order valence-corrected chi connectivity index (χ1v) is 5.79. The van der Waals surface area contributed by atoms with Gasteiger partial charge < -0.3 is 10.5 Å². The average molecular weight is 235 g/mol. The van der Waals surface area contributed by atoms with Crippen LogP contribution in [-0.2, 0) is 6.42 Å². The van der Waals surface area contributed by atoms with Crippen molar-refractivity contribution >= 4 is 17.2 Å². The van der Waals surface area contributed by atoms with Crippen molar-refractivity contribution in [2.24, 2.45) is 0 Å². The highest BCUT2D eigenvalue weighted by molar-refractivity contribution is 7.07. The molecule has 5 heteroatoms. The summed E-state index contributed by atoms with van der Waals surface area (Å²) < 4.78 is 9.52. The van der Waals surface area contributed by atoms with E-state index in [1.807, 2.05) is 31.2 Å². The number of nitrogens with zero attached hydrogens (tertiary/aromatic N) is 2. The maximum Gasteiger partial charge on any atom is 0.293 e. The van der Waals surface area contributed by atoms with E-state index in [0.717, 1.165) is 23.5 Å². The van der Waals surface area contributed by atoms with E-state index in [1.165, 1.54) is 11.5 Å². The van der Waals surface area contributed by atoms with Crippen LogP contribution in [0, 0.1) is 6.92 Å². The van der Waals surface area contributed by atoms with E-state index in [9.17, 15) is 0 Å². The van der Waals surface area contributed by atoms with Crippen LogP contribution in [0.2, 0.25) is 0 Å². The lowest BCUT2D eigenvalue weighted by molar-refractivity contribution is 0.320. The Morgan fingerprint density at radius 1 is 1.38 bits per heavy atom. The second kappa shape index (κ2) is 4.94. The first kappa shape index (κ1) is 10.9. The Labute approximate surface area is 98.3 Å². The van der Waals surface area contributed by atoms with Crippen LogP contribution in [-0.4, -0.2) is 16.0 Å². The smallest absolute Gasteiger partial charge is 0.293 e. The highest BCUT2D eigenvalue weighted by Crippen LogP contribution is 2.15. The molecule has 0 saturated heterocycles. The molecular formula is C11H13N3OS. The van der Waals surface area contributed by atoms with Crippen molar-refractivity contribution < 1.29 is 4.74 Å². The Morgan fingerprint density at radius 2 is 2.19 bits per heavy atom. The molecule has 0 aliphatic carbocycles. The predicted molar refractivity (Wildman–Crippen MR) is 64.7 cm³/mol. The van der Waals surface area contributed by atoms with E-state index in [1.54, 1.807) is 0 Å². The first-order valence-electron chi connectivity index (χ1n) is 5.02. The molecule has 0 amide bonds. The standard InChI is InChI=1S/C11H13N3OS/c1-8-13-11(16-14-8)15-7-6-9-4-2-3-5-10(9)12/h2-5H,6-7,12H2,1H3. The molecular weight excluding hydrogens is 222 g/mol. The van der Waals surface area contributed by atoms with Crippen LogP contribution < -0.4 is 10.5 Å². The number of aryl methyl sites for hydroxylation is 1. The molecule has 0 unspecified atom stereocenters. The van der Waals surface area contributed by atoms with Crippen molar-refractivity contribution in [2.45, 2.75) is 13.3 Å². The van der Waals surface area contributed by atoms with Gasteiger partial charge in [0.15, 0.2) is 0 Å². The molecule has 0 bridgehead atoms. The van der Waals surface area contributed by atoms with Crippen LogP contribution >= 0.6 is 11.5 Å². The number of rotatable bonds is 4. The van der Waals surface area contributed by atoms with Crippen molar-refractivity contribution in [3.63, 3.8) is 0 Å². The summed E-state index contributed by atoms with van der Waals surface area (Å²) in [6.45, 7) is 2.42. The van der Waals surface area contributed by atoms with Gasteiger partial charge in [-0.25, -0.2) is 0 Å². The van der Waals surface area contributed by atoms with E-state index in [0.29, 0.717) is 11.8 Å². The normalized spacial score (nSPS) is 10.3. The van der Waals surface area contributed by atoms with Crippen molar-refractivity contribution in [3.8, 4) is 5.19 Å². The molecule has 1 heterocycles. The van der Waals surface area contributed by atoms with Crippen molar-refractivity contribution in [1.29, 1.82) is 0 Å². The second-order valence-electron chi connectivity index (χ2n) is 3.40. The van der Waals surface area contributed by atoms with Gasteiger partial charge in [-0.1, -0.05) is 18.2 Å². The first-order chi connectivity index (χ1) is 7.75. The van der Waals surface area contributed by atoms with Gasteiger partial charge in [-0.15, -0.1) is 0 Å². The maximum atomic E-state index is 5.82. The van der Waals surface area contributed by atoms with Gasteiger partial charge in [0, 0.05) is 23.6 Å². The lowest BCUT2D eigenvalue weighted by atomic mass is 10.1. The molecule has 2 N–H and O–H groups in total. The number of aromatic nitrogens is 2. The summed E-state index contributed by atoms with van der Waals surface area (Å²) in [5.74, 6) is 0.749. The highest BCUT2D eigenvalue weighted by atomic mass is 32.1. The second-order valence-corrected chi connectivity index (χ2v) is 4.12. The molecule has 16 heavy (non-hydrogen) atoms. The zero-order valence-corrected chi connectivity index (χ0v) is 9.83. The average Bonchev–Trinajstić information content (AvgIpc) is 2.67. The molecule has 0 aliphatic heterocycles. The fourth-order valence-electron chi connectivity index (χ4n) is 1.35. The Kier molecular flexibility index (Phi) is 3.36. The summed E-state index contributed by atoms with van der Waals surface area (Å²) in [4.78, 5) is 4.12. The molecule has 4 nitrogen and oxygen atoms in total. The largest absolute Gasteiger partial charge is 0.469 e. The molecule has 1 aromatic heterocycles. The lowest BCUT2D eigenvalue weighted by Gasteiger charge is -2.04. The molecule has 0 atom stereocenters. The molecule has 0 spiro atoms. The Bertz CT molecular complexity index is 470. The number of hydrogen-bond donors (Lipinski definition) is 1. The number of benzene rings is 1. The Balaban J connectivity index is 1.87. The van der Waals surface area contributed by atoms with Gasteiger partial charge in [0.25, 0.3) is 5.19 Å². The zero-order chi connectivity index (χ0) is 11.4. The van der Waals surface area contributed by atoms with Crippen molar-refractivity contribution in [1.82, 2.24) is 9.36 Å². The molecule has 2 rings (SSSR count). The number of para-hydroxylation sites is 1. The highest BCUT2D eigenvalue weighted by Gasteiger charge is 2.02. The Morgan fingerprint density at radius 3 is 2.88 bits per heavy atom. The summed E-state index contributed by atoms with van der Waals surface area (Å²) >= 11 is 1.27. The molecule has 0 aliphatic rings. The molecule has 84 valence electrons. The Hall–Kier alpha value is -1.62. The van der Waals surface area contributed by atoms with Crippen LogP contribution in [0.5, 0.6) is 5.19 Å². The van der Waals surface area contributed by atoms with E-state index >= 15 is 0 Å². The number of ether oxygens (including phenoxy) is 1. The SMILES string of the molecule is Cc1nsc(OCCc2ccccc2N)n1. The number of hydrogen-bond acceptors (Lipinski definition) is 5. The minimum atomic E-state index is 0.572. The summed E-state index contributed by atoms with van der Waals surface area (Å²) in [6, 6.07) is 7.79. The number of nitrogens with two attached hydrogens (primary N) is 1. The molecule has 2 aromatic rings. The molecule has 1 aromatic carbocycles. The van der Waals surface area contributed by atoms with Gasteiger partial charge in [-0.3, -0.25) is 0 Å². The topological polar surface area (TPSA) is 61.0 Å². The molecule has 0 fully saturated rings. The summed E-state index contributed by atoms with van der Waals surface area (Å²) in [6.07, 6.45) is 0.783. The van der Waals surface area contributed by atoms with Gasteiger partial charge in [0.05, 0.1) is 6.61 Å². The number of anilines is 1. The van der Waals surface area contributed by atoms with Gasteiger partial charge in [0.1, 0.15) is 5.82 Å². The van der Waals surface area contributed by atoms with Gasteiger partial charge >= 0.3 is 0 Å². The van der Waals surface area contributed by atoms with Crippen LogP contribution in [0.3, 0.4) is 0 Å². The molecule has 0 radical (unpaired) electrons. The zero-order valence-electron chi connectivity index (χ0n) is 9.01. The summed E-state index contributed by atoms with van der Waals surface area (Å²) in [5.41, 5.74) is 7.73. The van der Waals surface area contributed by atoms with Crippen LogP contribution in [0.15, 0.2) is 24.3 Å². The number of nitrogen functional groups attached to an aromatic ring is 1. The molecule has 0 saturated carbocycles. The third-order valence-electron chi connectivity index (χ3n) is 2.16. The van der Waals surface area contributed by atoms with E-state index in [-0.39, 0.29) is 0 Å². The summed E-state index contributed by atoms with van der Waals surface area (Å²) in [5, 5.41) is 0.618. The fraction of sp³-hybridized carbons (Fsp3) is 0.273. The van der Waals surface area contributed by atoms with Crippen molar-refractivity contribution in [2.75, 3.05) is 12.3 Å². The predicted octanol–water partition coefficient (Wildman–Crippen LogP) is 2.05. The summed E-state index contributed by atoms with van der Waals surface area (Å²) in [7, 11) is 0. The quantitative estimate of drug-likeness (QED) is 0.824. The van der Waals surface area contributed by atoms with Crippen LogP contribution in [0.4, 0.5) is 5.69 Å². The minimum absolute atomic E-state index is 0.572. The van der Waals surface area contributed by atoms with Crippen LogP contribution in [0.1, 0.15) is 11.4 Å².